The lowest BCUT2D eigenvalue weighted by molar-refractivity contribution is -0.148. The van der Waals surface area contributed by atoms with Gasteiger partial charge in [-0.1, -0.05) is 76.8 Å². The fraction of sp³-hybridized carbons (Fsp3) is 0.758. The van der Waals surface area contributed by atoms with E-state index >= 15 is 0 Å². The van der Waals surface area contributed by atoms with Crippen molar-refractivity contribution < 1.29 is 19.1 Å². The highest BCUT2D eigenvalue weighted by atomic mass is 16.6. The summed E-state index contributed by atoms with van der Waals surface area (Å²) in [5, 5.41) is 0. The van der Waals surface area contributed by atoms with Gasteiger partial charge in [-0.15, -0.1) is 0 Å². The molecule has 0 aromatic rings. The van der Waals surface area contributed by atoms with Crippen LogP contribution >= 0.6 is 0 Å². The fourth-order valence-electron chi connectivity index (χ4n) is 6.72. The van der Waals surface area contributed by atoms with Crippen LogP contribution in [0.5, 0.6) is 0 Å². The van der Waals surface area contributed by atoms with Crippen molar-refractivity contribution in [2.24, 2.45) is 23.2 Å². The molecule has 0 bridgehead atoms. The minimum absolute atomic E-state index is 0.0241. The van der Waals surface area contributed by atoms with E-state index in [0.717, 1.165) is 51.4 Å². The number of unbranched alkanes of at least 4 members (excludes halogenated alkanes) is 8. The molecule has 3 aliphatic rings. The van der Waals surface area contributed by atoms with Gasteiger partial charge in [-0.05, 0) is 88.4 Å². The van der Waals surface area contributed by atoms with E-state index in [4.69, 9.17) is 9.47 Å². The molecule has 4 nitrogen and oxygen atoms in total. The van der Waals surface area contributed by atoms with Crippen molar-refractivity contribution in [3.05, 3.63) is 36.5 Å². The van der Waals surface area contributed by atoms with Gasteiger partial charge >= 0.3 is 11.9 Å². The molecular weight excluding hydrogens is 460 g/mol. The van der Waals surface area contributed by atoms with Gasteiger partial charge in [0.15, 0.2) is 0 Å². The molecule has 0 N–H and O–H groups in total. The van der Waals surface area contributed by atoms with E-state index in [1.54, 1.807) is 0 Å². The first-order valence-corrected chi connectivity index (χ1v) is 15.3. The molecule has 208 valence electrons. The van der Waals surface area contributed by atoms with Gasteiger partial charge in [-0.25, -0.2) is 4.79 Å². The number of carbonyl (C=O) groups excluding carboxylic acids is 2. The largest absolute Gasteiger partial charge is 0.463 e. The van der Waals surface area contributed by atoms with Gasteiger partial charge < -0.3 is 9.47 Å². The number of esters is 2. The molecule has 1 saturated heterocycles. The van der Waals surface area contributed by atoms with Crippen molar-refractivity contribution in [3.63, 3.8) is 0 Å². The average molecular weight is 513 g/mol. The van der Waals surface area contributed by atoms with Crippen LogP contribution in [0.15, 0.2) is 36.5 Å². The first kappa shape index (κ1) is 29.7. The van der Waals surface area contributed by atoms with Crippen LogP contribution in [0.3, 0.4) is 0 Å². The van der Waals surface area contributed by atoms with Gasteiger partial charge in [0.2, 0.25) is 0 Å². The second-order valence-electron chi connectivity index (χ2n) is 12.1. The second kappa shape index (κ2) is 14.9. The van der Waals surface area contributed by atoms with E-state index in [9.17, 15) is 9.59 Å². The van der Waals surface area contributed by atoms with Crippen LogP contribution in [-0.4, -0.2) is 24.1 Å². The van der Waals surface area contributed by atoms with Crippen LogP contribution in [0, 0.1) is 23.2 Å². The monoisotopic (exact) mass is 512 g/mol. The maximum absolute atomic E-state index is 12.3. The molecule has 3 fully saturated rings. The van der Waals surface area contributed by atoms with Crippen molar-refractivity contribution in [1.29, 1.82) is 0 Å². The molecule has 0 aromatic heterocycles. The SMILES string of the molecule is C=C1C(=O)O[C@@H]2C[C@]3(C)[C@@H](CC[C@@H](C)OC(=O)CCCCCCC/C=C/C/C=C/CCCCC)[C@@H]3C[C@H]12. The molecular formula is C33H52O4. The molecule has 3 rings (SSSR count). The topological polar surface area (TPSA) is 52.6 Å². The smallest absolute Gasteiger partial charge is 0.334 e. The van der Waals surface area contributed by atoms with Gasteiger partial charge in [0.25, 0.3) is 0 Å². The lowest BCUT2D eigenvalue weighted by atomic mass is 9.79. The zero-order chi connectivity index (χ0) is 26.7. The van der Waals surface area contributed by atoms with Crippen molar-refractivity contribution in [3.8, 4) is 0 Å². The lowest BCUT2D eigenvalue weighted by Gasteiger charge is -2.27. The van der Waals surface area contributed by atoms with Gasteiger partial charge in [0.05, 0.1) is 6.10 Å². The molecule has 1 heterocycles. The summed E-state index contributed by atoms with van der Waals surface area (Å²) in [4.78, 5) is 24.1. The van der Waals surface area contributed by atoms with Crippen LogP contribution in [0.25, 0.3) is 0 Å². The maximum atomic E-state index is 12.3. The molecule has 0 aromatic carbocycles. The highest BCUT2D eigenvalue weighted by Crippen LogP contribution is 2.70. The first-order chi connectivity index (χ1) is 17.9. The lowest BCUT2D eigenvalue weighted by Crippen LogP contribution is -2.26. The second-order valence-corrected chi connectivity index (χ2v) is 12.1. The number of allylic oxidation sites excluding steroid dienone is 4. The molecule has 1 aliphatic heterocycles. The molecule has 4 heteroatoms. The molecule has 0 unspecified atom stereocenters. The molecule has 0 spiro atoms. The van der Waals surface area contributed by atoms with E-state index in [2.05, 4.69) is 44.7 Å². The molecule has 6 atom stereocenters. The predicted octanol–water partition coefficient (Wildman–Crippen LogP) is 8.66. The Bertz CT molecular complexity index is 811. The third-order valence-electron chi connectivity index (χ3n) is 9.18. The Morgan fingerprint density at radius 1 is 1.08 bits per heavy atom. The van der Waals surface area contributed by atoms with Crippen LogP contribution in [-0.2, 0) is 19.1 Å². The van der Waals surface area contributed by atoms with Crippen LogP contribution in [0.4, 0.5) is 0 Å². The Morgan fingerprint density at radius 2 is 1.76 bits per heavy atom. The predicted molar refractivity (Wildman–Crippen MR) is 151 cm³/mol. The first-order valence-electron chi connectivity index (χ1n) is 15.3. The Kier molecular flexibility index (Phi) is 12.0. The zero-order valence-electron chi connectivity index (χ0n) is 23.8. The molecule has 37 heavy (non-hydrogen) atoms. The van der Waals surface area contributed by atoms with Gasteiger partial charge in [0.1, 0.15) is 6.10 Å². The zero-order valence-corrected chi connectivity index (χ0v) is 23.8. The average Bonchev–Trinajstić information content (AvgIpc) is 3.34. The maximum Gasteiger partial charge on any atom is 0.334 e. The van der Waals surface area contributed by atoms with Crippen LogP contribution in [0.2, 0.25) is 0 Å². The Hall–Kier alpha value is -1.84. The Morgan fingerprint density at radius 3 is 2.49 bits per heavy atom. The normalized spacial score (nSPS) is 29.4. The third kappa shape index (κ3) is 8.86. The summed E-state index contributed by atoms with van der Waals surface area (Å²) in [6.45, 7) is 10.6. The van der Waals surface area contributed by atoms with Gasteiger partial charge in [0, 0.05) is 17.9 Å². The van der Waals surface area contributed by atoms with E-state index in [1.165, 1.54) is 44.9 Å². The molecule has 2 aliphatic carbocycles. The number of rotatable bonds is 18. The van der Waals surface area contributed by atoms with Crippen molar-refractivity contribution in [2.75, 3.05) is 0 Å². The summed E-state index contributed by atoms with van der Waals surface area (Å²) in [5.41, 5.74) is 0.949. The van der Waals surface area contributed by atoms with E-state index in [-0.39, 0.29) is 35.5 Å². The summed E-state index contributed by atoms with van der Waals surface area (Å²) in [6.07, 6.45) is 26.8. The summed E-state index contributed by atoms with van der Waals surface area (Å²) in [7, 11) is 0. The quantitative estimate of drug-likeness (QED) is 0.0798. The molecule has 2 saturated carbocycles. The summed E-state index contributed by atoms with van der Waals surface area (Å²) in [5.74, 6) is 1.27. The van der Waals surface area contributed by atoms with Crippen LogP contribution < -0.4 is 0 Å². The minimum Gasteiger partial charge on any atom is -0.463 e. The number of carbonyl (C=O) groups is 2. The highest BCUT2D eigenvalue weighted by molar-refractivity contribution is 5.90. The summed E-state index contributed by atoms with van der Waals surface area (Å²) >= 11 is 0. The van der Waals surface area contributed by atoms with Gasteiger partial charge in [-0.3, -0.25) is 4.79 Å². The van der Waals surface area contributed by atoms with E-state index < -0.39 is 0 Å². The van der Waals surface area contributed by atoms with Crippen molar-refractivity contribution >= 4 is 11.9 Å². The summed E-state index contributed by atoms with van der Waals surface area (Å²) in [6, 6.07) is 0. The Labute approximate surface area is 226 Å². The highest BCUT2D eigenvalue weighted by Gasteiger charge is 2.66. The standard InChI is InChI=1S/C33H52O4/c1-5-6-7-8-9-10-11-12-13-14-15-16-17-18-19-20-31(34)36-25(2)21-22-28-29-23-27-26(3)32(35)37-30(27)24-33(28,29)4/h9-10,12-13,25,27-30H,3,5-8,11,14-24H2,1-2,4H3/b10-9+,13-12+/t25-,27-,28+,29+,30-,33-/m1/s1. The van der Waals surface area contributed by atoms with Crippen LogP contribution in [0.1, 0.15) is 124 Å². The van der Waals surface area contributed by atoms with Crippen molar-refractivity contribution in [1.82, 2.24) is 0 Å². The van der Waals surface area contributed by atoms with E-state index in [0.29, 0.717) is 23.8 Å². The third-order valence-corrected chi connectivity index (χ3v) is 9.18. The number of hydrogen-bond donors (Lipinski definition) is 0. The summed E-state index contributed by atoms with van der Waals surface area (Å²) < 4.78 is 11.3. The minimum atomic E-state index is -0.193. The number of ether oxygens (including phenoxy) is 2. The Balaban J connectivity index is 1.15. The van der Waals surface area contributed by atoms with Gasteiger partial charge in [-0.2, -0.15) is 0 Å². The molecule has 0 radical (unpaired) electrons. The van der Waals surface area contributed by atoms with Crippen molar-refractivity contribution in [2.45, 2.75) is 136 Å². The number of hydrogen-bond acceptors (Lipinski definition) is 4. The fourth-order valence-corrected chi connectivity index (χ4v) is 6.72. The molecule has 0 amide bonds. The number of fused-ring (bicyclic) bond motifs is 2. The van der Waals surface area contributed by atoms with E-state index in [1.807, 2.05) is 6.92 Å².